The first-order valence-electron chi connectivity index (χ1n) is 9.20. The number of aryl methyl sites for hydroxylation is 1. The zero-order valence-electron chi connectivity index (χ0n) is 15.3. The van der Waals surface area contributed by atoms with Crippen molar-refractivity contribution >= 4 is 0 Å². The van der Waals surface area contributed by atoms with E-state index in [0.29, 0.717) is 6.54 Å². The van der Waals surface area contributed by atoms with Crippen LogP contribution in [0.4, 0.5) is 0 Å². The summed E-state index contributed by atoms with van der Waals surface area (Å²) >= 11 is 0. The van der Waals surface area contributed by atoms with Gasteiger partial charge in [0.2, 0.25) is 0 Å². The molecule has 7 heteroatoms. The molecule has 0 amide bonds. The van der Waals surface area contributed by atoms with Crippen molar-refractivity contribution in [1.82, 2.24) is 29.6 Å². The molecular weight excluding hydrogens is 340 g/mol. The molecule has 1 aliphatic rings. The highest BCUT2D eigenvalue weighted by molar-refractivity contribution is 5.56. The fourth-order valence-electron chi connectivity index (χ4n) is 3.55. The Morgan fingerprint density at radius 3 is 2.70 bits per heavy atom. The topological polar surface area (TPSA) is 76.8 Å². The number of likely N-dealkylation sites (tertiary alicyclic amines) is 1. The van der Waals surface area contributed by atoms with Gasteiger partial charge in [-0.05, 0) is 44.5 Å². The largest absolute Gasteiger partial charge is 0.293 e. The maximum atomic E-state index is 12.4. The second kappa shape index (κ2) is 7.75. The first-order valence-corrected chi connectivity index (χ1v) is 9.20. The Labute approximate surface area is 157 Å². The quantitative estimate of drug-likeness (QED) is 0.691. The van der Waals surface area contributed by atoms with Crippen LogP contribution in [0, 0.1) is 6.92 Å². The highest BCUT2D eigenvalue weighted by Crippen LogP contribution is 2.21. The highest BCUT2D eigenvalue weighted by atomic mass is 16.1. The zero-order chi connectivity index (χ0) is 18.6. The van der Waals surface area contributed by atoms with Crippen LogP contribution in [0.5, 0.6) is 0 Å². The number of pyridine rings is 1. The minimum atomic E-state index is -0.0738. The van der Waals surface area contributed by atoms with E-state index in [4.69, 9.17) is 0 Å². The van der Waals surface area contributed by atoms with Gasteiger partial charge in [-0.1, -0.05) is 0 Å². The highest BCUT2D eigenvalue weighted by Gasteiger charge is 2.26. The molecule has 27 heavy (non-hydrogen) atoms. The van der Waals surface area contributed by atoms with Crippen molar-refractivity contribution in [3.05, 3.63) is 70.8 Å². The van der Waals surface area contributed by atoms with E-state index in [9.17, 15) is 4.79 Å². The first kappa shape index (κ1) is 17.5. The Morgan fingerprint density at radius 2 is 1.89 bits per heavy atom. The maximum Gasteiger partial charge on any atom is 0.266 e. The summed E-state index contributed by atoms with van der Waals surface area (Å²) in [6.45, 7) is 4.32. The third kappa shape index (κ3) is 3.93. The van der Waals surface area contributed by atoms with Crippen molar-refractivity contribution in [3.8, 4) is 11.3 Å². The molecule has 4 rings (SSSR count). The van der Waals surface area contributed by atoms with E-state index in [1.807, 2.05) is 19.1 Å². The van der Waals surface area contributed by atoms with Crippen LogP contribution in [0.2, 0.25) is 0 Å². The Morgan fingerprint density at radius 1 is 1.07 bits per heavy atom. The van der Waals surface area contributed by atoms with Gasteiger partial charge in [0, 0.05) is 49.0 Å². The second-order valence-electron chi connectivity index (χ2n) is 6.83. The summed E-state index contributed by atoms with van der Waals surface area (Å²) < 4.78 is 1.59. The SMILES string of the molecule is Cc1nccnc1CN1CCCC1Cn1nc(-c2ccncc2)ccc1=O. The van der Waals surface area contributed by atoms with Gasteiger partial charge >= 0.3 is 0 Å². The van der Waals surface area contributed by atoms with Gasteiger partial charge in [-0.15, -0.1) is 0 Å². The molecule has 1 atom stereocenters. The van der Waals surface area contributed by atoms with E-state index in [2.05, 4.69) is 25.0 Å². The average Bonchev–Trinajstić information content (AvgIpc) is 3.13. The molecule has 4 heterocycles. The van der Waals surface area contributed by atoms with Gasteiger partial charge in [0.25, 0.3) is 5.56 Å². The van der Waals surface area contributed by atoms with E-state index >= 15 is 0 Å². The third-order valence-corrected chi connectivity index (χ3v) is 5.06. The minimum absolute atomic E-state index is 0.0738. The molecule has 0 aliphatic carbocycles. The fourth-order valence-corrected chi connectivity index (χ4v) is 3.55. The second-order valence-corrected chi connectivity index (χ2v) is 6.83. The summed E-state index contributed by atoms with van der Waals surface area (Å²) in [6.07, 6.45) is 9.07. The van der Waals surface area contributed by atoms with Gasteiger partial charge in [0.1, 0.15) is 0 Å². The van der Waals surface area contributed by atoms with Crippen LogP contribution >= 0.6 is 0 Å². The maximum absolute atomic E-state index is 12.4. The predicted molar refractivity (Wildman–Crippen MR) is 102 cm³/mol. The predicted octanol–water partition coefficient (Wildman–Crippen LogP) is 2.07. The summed E-state index contributed by atoms with van der Waals surface area (Å²) in [5.41, 5.74) is 3.62. The fraction of sp³-hybridized carbons (Fsp3) is 0.350. The molecule has 138 valence electrons. The standard InChI is InChI=1S/C20H22N6O/c1-15-19(23-11-10-22-15)14-25-12-2-3-17(25)13-26-20(27)5-4-18(24-26)16-6-8-21-9-7-16/h4-11,17H,2-3,12-14H2,1H3. The molecular formula is C20H22N6O. The van der Waals surface area contributed by atoms with Gasteiger partial charge in [-0.2, -0.15) is 5.10 Å². The summed E-state index contributed by atoms with van der Waals surface area (Å²) in [6, 6.07) is 7.42. The Kier molecular flexibility index (Phi) is 5.02. The smallest absolute Gasteiger partial charge is 0.266 e. The number of hydrogen-bond donors (Lipinski definition) is 0. The number of aromatic nitrogens is 5. The number of hydrogen-bond acceptors (Lipinski definition) is 6. The normalized spacial score (nSPS) is 17.3. The van der Waals surface area contributed by atoms with Crippen molar-refractivity contribution < 1.29 is 0 Å². The van der Waals surface area contributed by atoms with Crippen LogP contribution < -0.4 is 5.56 Å². The Balaban J connectivity index is 1.54. The van der Waals surface area contributed by atoms with Gasteiger partial charge < -0.3 is 0 Å². The molecule has 3 aromatic heterocycles. The minimum Gasteiger partial charge on any atom is -0.293 e. The third-order valence-electron chi connectivity index (χ3n) is 5.06. The summed E-state index contributed by atoms with van der Waals surface area (Å²) in [7, 11) is 0. The molecule has 7 nitrogen and oxygen atoms in total. The van der Waals surface area contributed by atoms with Crippen LogP contribution in [-0.4, -0.2) is 42.2 Å². The molecule has 0 bridgehead atoms. The lowest BCUT2D eigenvalue weighted by atomic mass is 10.2. The van der Waals surface area contributed by atoms with Crippen molar-refractivity contribution in [3.63, 3.8) is 0 Å². The molecule has 1 aliphatic heterocycles. The van der Waals surface area contributed by atoms with Crippen LogP contribution in [-0.2, 0) is 13.1 Å². The van der Waals surface area contributed by atoms with E-state index in [0.717, 1.165) is 48.6 Å². The van der Waals surface area contributed by atoms with Crippen molar-refractivity contribution in [1.29, 1.82) is 0 Å². The van der Waals surface area contributed by atoms with Crippen molar-refractivity contribution in [2.75, 3.05) is 6.54 Å². The summed E-state index contributed by atoms with van der Waals surface area (Å²) in [4.78, 5) is 27.6. The lowest BCUT2D eigenvalue weighted by Crippen LogP contribution is -2.37. The van der Waals surface area contributed by atoms with E-state index < -0.39 is 0 Å². The lowest BCUT2D eigenvalue weighted by Gasteiger charge is -2.24. The van der Waals surface area contributed by atoms with Gasteiger partial charge in [-0.3, -0.25) is 24.6 Å². The van der Waals surface area contributed by atoms with E-state index in [1.54, 1.807) is 41.6 Å². The molecule has 0 aromatic carbocycles. The van der Waals surface area contributed by atoms with Crippen LogP contribution in [0.25, 0.3) is 11.3 Å². The number of rotatable bonds is 5. The summed E-state index contributed by atoms with van der Waals surface area (Å²) in [5.74, 6) is 0. The van der Waals surface area contributed by atoms with Crippen molar-refractivity contribution in [2.24, 2.45) is 0 Å². The van der Waals surface area contributed by atoms with Crippen LogP contribution in [0.1, 0.15) is 24.2 Å². The molecule has 1 unspecified atom stereocenters. The van der Waals surface area contributed by atoms with Crippen molar-refractivity contribution in [2.45, 2.75) is 38.9 Å². The molecule has 0 N–H and O–H groups in total. The molecule has 0 saturated carbocycles. The Bertz CT molecular complexity index is 971. The molecule has 0 spiro atoms. The van der Waals surface area contributed by atoms with E-state index in [-0.39, 0.29) is 11.6 Å². The zero-order valence-corrected chi connectivity index (χ0v) is 15.3. The monoisotopic (exact) mass is 362 g/mol. The number of nitrogens with zero attached hydrogens (tertiary/aromatic N) is 6. The average molecular weight is 362 g/mol. The molecule has 1 saturated heterocycles. The molecule has 3 aromatic rings. The van der Waals surface area contributed by atoms with Gasteiger partial charge in [-0.25, -0.2) is 4.68 Å². The first-order chi connectivity index (χ1) is 13.2. The summed E-state index contributed by atoms with van der Waals surface area (Å²) in [5, 5.41) is 4.59. The van der Waals surface area contributed by atoms with E-state index in [1.165, 1.54) is 0 Å². The molecule has 0 radical (unpaired) electrons. The molecule has 1 fully saturated rings. The lowest BCUT2D eigenvalue weighted by molar-refractivity contribution is 0.214. The van der Waals surface area contributed by atoms with Gasteiger partial charge in [0.15, 0.2) is 0 Å². The Hall–Kier alpha value is -2.93. The van der Waals surface area contributed by atoms with Gasteiger partial charge in [0.05, 0.1) is 23.6 Å². The van der Waals surface area contributed by atoms with Crippen LogP contribution in [0.3, 0.4) is 0 Å². The van der Waals surface area contributed by atoms with Crippen LogP contribution in [0.15, 0.2) is 53.8 Å².